The Bertz CT molecular complexity index is 686. The van der Waals surface area contributed by atoms with Gasteiger partial charge in [0, 0.05) is 13.6 Å². The van der Waals surface area contributed by atoms with E-state index in [9.17, 15) is 9.59 Å². The third kappa shape index (κ3) is 3.65. The number of carbonyl (C=O) groups excluding carboxylic acids is 1. The molecule has 22 heavy (non-hydrogen) atoms. The average Bonchev–Trinajstić information content (AvgIpc) is 2.78. The van der Waals surface area contributed by atoms with Crippen LogP contribution < -0.4 is 10.9 Å². The first kappa shape index (κ1) is 16.0. The molecule has 118 valence electrons. The fourth-order valence-electron chi connectivity index (χ4n) is 2.27. The minimum Gasteiger partial charge on any atom is -0.351 e. The lowest BCUT2D eigenvalue weighted by molar-refractivity contribution is 0.0932. The van der Waals surface area contributed by atoms with Crippen LogP contribution in [-0.4, -0.2) is 42.7 Å². The van der Waals surface area contributed by atoms with Gasteiger partial charge in [0.1, 0.15) is 5.56 Å². The number of aryl methyl sites for hydroxylation is 1. The summed E-state index contributed by atoms with van der Waals surface area (Å²) in [4.78, 5) is 26.4. The van der Waals surface area contributed by atoms with Gasteiger partial charge in [-0.3, -0.25) is 4.79 Å². The van der Waals surface area contributed by atoms with Crippen LogP contribution >= 0.6 is 0 Å². The number of aromatic nitrogens is 1. The third-order valence-electron chi connectivity index (χ3n) is 3.32. The normalized spacial score (nSPS) is 10.9. The maximum Gasteiger partial charge on any atom is 0.366 e. The van der Waals surface area contributed by atoms with Gasteiger partial charge in [-0.1, -0.05) is 30.3 Å². The number of carbonyl (C=O) groups is 1. The van der Waals surface area contributed by atoms with Crippen molar-refractivity contribution < 1.29 is 9.32 Å². The summed E-state index contributed by atoms with van der Waals surface area (Å²) in [5.41, 5.74) is 0.719. The Kier molecular flexibility index (Phi) is 5.16. The highest BCUT2D eigenvalue weighted by Crippen LogP contribution is 2.20. The lowest BCUT2D eigenvalue weighted by atomic mass is 10.1. The van der Waals surface area contributed by atoms with E-state index in [2.05, 4.69) is 10.2 Å². The highest BCUT2D eigenvalue weighted by molar-refractivity contribution is 5.98. The van der Waals surface area contributed by atoms with Crippen LogP contribution in [0.15, 0.2) is 39.6 Å². The minimum absolute atomic E-state index is 0.251. The van der Waals surface area contributed by atoms with Crippen LogP contribution in [0.25, 0.3) is 11.1 Å². The number of amides is 1. The predicted octanol–water partition coefficient (Wildman–Crippen LogP) is 1.33. The molecule has 0 atom stereocenters. The van der Waals surface area contributed by atoms with Crippen molar-refractivity contribution in [3.63, 3.8) is 0 Å². The summed E-state index contributed by atoms with van der Waals surface area (Å²) in [5.74, 6) is -0.300. The van der Waals surface area contributed by atoms with Gasteiger partial charge in [-0.15, -0.1) is 0 Å². The van der Waals surface area contributed by atoms with E-state index < -0.39 is 5.63 Å². The van der Waals surface area contributed by atoms with Crippen molar-refractivity contribution >= 4 is 5.91 Å². The molecule has 1 amide bonds. The van der Waals surface area contributed by atoms with Crippen molar-refractivity contribution in [3.8, 4) is 11.1 Å². The number of hydrogen-bond donors (Lipinski definition) is 1. The largest absolute Gasteiger partial charge is 0.366 e. The highest BCUT2D eigenvalue weighted by atomic mass is 16.5. The molecule has 0 saturated carbocycles. The van der Waals surface area contributed by atoms with Gasteiger partial charge in [0.2, 0.25) is 0 Å². The van der Waals surface area contributed by atoms with Crippen molar-refractivity contribution in [1.82, 2.24) is 15.0 Å². The van der Waals surface area contributed by atoms with Crippen LogP contribution in [0.4, 0.5) is 0 Å². The smallest absolute Gasteiger partial charge is 0.351 e. The van der Waals surface area contributed by atoms with E-state index >= 15 is 0 Å². The van der Waals surface area contributed by atoms with Gasteiger partial charge in [-0.2, -0.15) is 0 Å². The standard InChI is InChI=1S/C16H21N3O3/c1-18(2)11-7-10-17-15(20)14-13(16(21)22-19(14)3)12-8-5-4-6-9-12/h4-6,8-9H,7,10-11H2,1-3H3,(H,17,20). The summed E-state index contributed by atoms with van der Waals surface area (Å²) in [6, 6.07) is 9.07. The molecule has 1 aromatic heterocycles. The fraction of sp³-hybridized carbons (Fsp3) is 0.375. The number of nitrogens with one attached hydrogen (secondary N) is 1. The van der Waals surface area contributed by atoms with Crippen LogP contribution in [0.3, 0.4) is 0 Å². The van der Waals surface area contributed by atoms with Crippen molar-refractivity contribution in [2.45, 2.75) is 6.42 Å². The Balaban J connectivity index is 2.20. The van der Waals surface area contributed by atoms with Crippen molar-refractivity contribution in [3.05, 3.63) is 46.4 Å². The molecule has 1 heterocycles. The zero-order valence-electron chi connectivity index (χ0n) is 13.1. The van der Waals surface area contributed by atoms with Gasteiger partial charge in [-0.05, 0) is 32.6 Å². The quantitative estimate of drug-likeness (QED) is 0.818. The second-order valence-corrected chi connectivity index (χ2v) is 5.38. The SMILES string of the molecule is CN(C)CCCNC(=O)c1c(-c2ccccc2)c(=O)on1C. The average molecular weight is 303 g/mol. The summed E-state index contributed by atoms with van der Waals surface area (Å²) < 4.78 is 6.29. The molecule has 0 saturated heterocycles. The molecular formula is C16H21N3O3. The lowest BCUT2D eigenvalue weighted by Crippen LogP contribution is -2.29. The van der Waals surface area contributed by atoms with E-state index in [4.69, 9.17) is 4.52 Å². The van der Waals surface area contributed by atoms with Crippen LogP contribution in [0.2, 0.25) is 0 Å². The molecular weight excluding hydrogens is 282 g/mol. The molecule has 0 unspecified atom stereocenters. The van der Waals surface area contributed by atoms with Crippen LogP contribution in [0.1, 0.15) is 16.9 Å². The summed E-state index contributed by atoms with van der Waals surface area (Å²) in [5, 5.41) is 2.83. The van der Waals surface area contributed by atoms with Gasteiger partial charge in [0.15, 0.2) is 5.69 Å². The van der Waals surface area contributed by atoms with E-state index in [1.54, 1.807) is 19.2 Å². The molecule has 1 aromatic carbocycles. The van der Waals surface area contributed by atoms with Gasteiger partial charge in [0.05, 0.1) is 0 Å². The summed E-state index contributed by atoms with van der Waals surface area (Å²) in [6.07, 6.45) is 0.839. The van der Waals surface area contributed by atoms with Gasteiger partial charge in [-0.25, -0.2) is 9.53 Å². The first-order valence-corrected chi connectivity index (χ1v) is 7.19. The molecule has 2 aromatic rings. The van der Waals surface area contributed by atoms with Crippen molar-refractivity contribution in [1.29, 1.82) is 0 Å². The van der Waals surface area contributed by atoms with Gasteiger partial charge < -0.3 is 14.7 Å². The number of nitrogens with zero attached hydrogens (tertiary/aromatic N) is 2. The molecule has 0 spiro atoms. The molecule has 0 aliphatic rings. The molecule has 0 fully saturated rings. The third-order valence-corrected chi connectivity index (χ3v) is 3.32. The molecule has 6 nitrogen and oxygen atoms in total. The summed E-state index contributed by atoms with van der Waals surface area (Å²) >= 11 is 0. The van der Waals surface area contributed by atoms with E-state index in [1.807, 2.05) is 32.3 Å². The van der Waals surface area contributed by atoms with Crippen LogP contribution in [0.5, 0.6) is 0 Å². The molecule has 2 rings (SSSR count). The maximum atomic E-state index is 12.4. The van der Waals surface area contributed by atoms with Gasteiger partial charge >= 0.3 is 5.63 Å². The van der Waals surface area contributed by atoms with E-state index in [-0.39, 0.29) is 11.6 Å². The first-order valence-electron chi connectivity index (χ1n) is 7.19. The Morgan fingerprint density at radius 1 is 1.27 bits per heavy atom. The van der Waals surface area contributed by atoms with E-state index in [1.165, 1.54) is 4.74 Å². The molecule has 0 bridgehead atoms. The molecule has 0 aliphatic carbocycles. The topological polar surface area (TPSA) is 67.5 Å². The molecule has 0 radical (unpaired) electrons. The second kappa shape index (κ2) is 7.09. The monoisotopic (exact) mass is 303 g/mol. The number of rotatable bonds is 6. The first-order chi connectivity index (χ1) is 10.5. The zero-order valence-corrected chi connectivity index (χ0v) is 13.1. The van der Waals surface area contributed by atoms with Crippen LogP contribution in [0, 0.1) is 0 Å². The van der Waals surface area contributed by atoms with Crippen molar-refractivity contribution in [2.75, 3.05) is 27.2 Å². The number of benzene rings is 1. The molecule has 1 N–H and O–H groups in total. The Morgan fingerprint density at radius 2 is 1.95 bits per heavy atom. The summed E-state index contributed by atoms with van der Waals surface area (Å²) in [6.45, 7) is 1.43. The highest BCUT2D eigenvalue weighted by Gasteiger charge is 2.22. The number of hydrogen-bond acceptors (Lipinski definition) is 4. The zero-order chi connectivity index (χ0) is 16.1. The fourth-order valence-corrected chi connectivity index (χ4v) is 2.27. The summed E-state index contributed by atoms with van der Waals surface area (Å²) in [7, 11) is 5.52. The lowest BCUT2D eigenvalue weighted by Gasteiger charge is -2.10. The maximum absolute atomic E-state index is 12.4. The van der Waals surface area contributed by atoms with E-state index in [0.29, 0.717) is 17.7 Å². The second-order valence-electron chi connectivity index (χ2n) is 5.38. The van der Waals surface area contributed by atoms with Crippen molar-refractivity contribution in [2.24, 2.45) is 7.05 Å². The van der Waals surface area contributed by atoms with Crippen LogP contribution in [-0.2, 0) is 7.05 Å². The van der Waals surface area contributed by atoms with Gasteiger partial charge in [0.25, 0.3) is 5.91 Å². The Morgan fingerprint density at radius 3 is 2.59 bits per heavy atom. The minimum atomic E-state index is -0.507. The molecule has 6 heteroatoms. The Hall–Kier alpha value is -2.34. The Labute approximate surface area is 129 Å². The predicted molar refractivity (Wildman–Crippen MR) is 84.9 cm³/mol. The molecule has 0 aliphatic heterocycles. The van der Waals surface area contributed by atoms with E-state index in [0.717, 1.165) is 13.0 Å².